The molecule has 1 heterocycles. The van der Waals surface area contributed by atoms with Gasteiger partial charge in [0.05, 0.1) is 51.8 Å². The van der Waals surface area contributed by atoms with E-state index in [1.807, 2.05) is 6.08 Å². The second-order valence-corrected chi connectivity index (χ2v) is 14.9. The zero-order chi connectivity index (χ0) is 33.7. The van der Waals surface area contributed by atoms with E-state index in [-0.39, 0.29) is 52.2 Å². The summed E-state index contributed by atoms with van der Waals surface area (Å²) in [5.74, 6) is -0.0869. The van der Waals surface area contributed by atoms with Crippen LogP contribution in [0.15, 0.2) is 60.2 Å². The summed E-state index contributed by atoms with van der Waals surface area (Å²) in [6, 6.07) is 11.9. The van der Waals surface area contributed by atoms with Gasteiger partial charge in [-0.15, -0.1) is 0 Å². The van der Waals surface area contributed by atoms with Gasteiger partial charge < -0.3 is 31.5 Å². The molecule has 0 atom stereocenters. The third-order valence-electron chi connectivity index (χ3n) is 6.49. The van der Waals surface area contributed by atoms with Crippen molar-refractivity contribution in [3.63, 3.8) is 0 Å². The number of hydrogen-bond donors (Lipinski definition) is 0. The molecule has 0 radical (unpaired) electrons. The molecule has 0 saturated carbocycles. The first kappa shape index (κ1) is 34.9. The predicted molar refractivity (Wildman–Crippen MR) is 170 cm³/mol. The van der Waals surface area contributed by atoms with Crippen molar-refractivity contribution >= 4 is 30.4 Å². The van der Waals surface area contributed by atoms with Crippen LogP contribution in [0.5, 0.6) is 34.5 Å². The number of benzene rings is 3. The summed E-state index contributed by atoms with van der Waals surface area (Å²) < 4.78 is 111. The molecule has 0 spiro atoms. The Bertz CT molecular complexity index is 1920. The van der Waals surface area contributed by atoms with E-state index in [0.717, 1.165) is 37.2 Å². The SMILES string of the molecule is COc1cc(-c2ccc(OS(C)(=O)=O)cc2)c(OC)c(OS(C)(=O)=O)c1-c1ccc(OCC=C2CCOCC2)c(OS(C)(=O)=O)c1. The summed E-state index contributed by atoms with van der Waals surface area (Å²) in [6.07, 6.45) is 6.11. The van der Waals surface area contributed by atoms with E-state index in [1.54, 1.807) is 24.3 Å². The van der Waals surface area contributed by atoms with Crippen LogP contribution in [0.3, 0.4) is 0 Å². The van der Waals surface area contributed by atoms with Crippen molar-refractivity contribution in [2.24, 2.45) is 0 Å². The molecule has 13 nitrogen and oxygen atoms in total. The molecular formula is C30H34O13S3. The smallest absolute Gasteiger partial charge is 0.306 e. The molecule has 0 aliphatic carbocycles. The quantitative estimate of drug-likeness (QED) is 0.185. The highest BCUT2D eigenvalue weighted by molar-refractivity contribution is 7.86. The maximum atomic E-state index is 12.5. The van der Waals surface area contributed by atoms with Crippen molar-refractivity contribution in [2.75, 3.05) is 52.8 Å². The highest BCUT2D eigenvalue weighted by Crippen LogP contribution is 2.51. The van der Waals surface area contributed by atoms with E-state index in [9.17, 15) is 25.3 Å². The fourth-order valence-corrected chi connectivity index (χ4v) is 6.04. The van der Waals surface area contributed by atoms with Crippen molar-refractivity contribution in [1.29, 1.82) is 0 Å². The lowest BCUT2D eigenvalue weighted by Gasteiger charge is -2.21. The monoisotopic (exact) mass is 698 g/mol. The molecule has 0 bridgehead atoms. The molecule has 46 heavy (non-hydrogen) atoms. The van der Waals surface area contributed by atoms with E-state index in [1.165, 1.54) is 38.5 Å². The fraction of sp³-hybridized carbons (Fsp3) is 0.333. The Labute approximate surface area is 269 Å². The lowest BCUT2D eigenvalue weighted by atomic mass is 9.96. The molecule has 16 heteroatoms. The Morgan fingerprint density at radius 1 is 0.674 bits per heavy atom. The first-order chi connectivity index (χ1) is 21.6. The van der Waals surface area contributed by atoms with E-state index in [0.29, 0.717) is 24.3 Å². The molecular weight excluding hydrogens is 665 g/mol. The van der Waals surface area contributed by atoms with Gasteiger partial charge in [0.2, 0.25) is 0 Å². The zero-order valence-electron chi connectivity index (χ0n) is 25.8. The molecule has 0 N–H and O–H groups in total. The van der Waals surface area contributed by atoms with Gasteiger partial charge in [0.1, 0.15) is 18.1 Å². The summed E-state index contributed by atoms with van der Waals surface area (Å²) in [5.41, 5.74) is 2.34. The maximum absolute atomic E-state index is 12.5. The van der Waals surface area contributed by atoms with Crippen molar-refractivity contribution in [1.82, 2.24) is 0 Å². The van der Waals surface area contributed by atoms with Crippen LogP contribution in [-0.2, 0) is 35.1 Å². The van der Waals surface area contributed by atoms with Crippen molar-refractivity contribution in [3.05, 3.63) is 60.2 Å². The number of methoxy groups -OCH3 is 2. The van der Waals surface area contributed by atoms with E-state index in [4.69, 9.17) is 31.5 Å². The van der Waals surface area contributed by atoms with Gasteiger partial charge in [-0.25, -0.2) is 0 Å². The van der Waals surface area contributed by atoms with Gasteiger partial charge in [0, 0.05) is 5.56 Å². The Morgan fingerprint density at radius 2 is 1.28 bits per heavy atom. The molecule has 1 aliphatic heterocycles. The van der Waals surface area contributed by atoms with Gasteiger partial charge in [-0.2, -0.15) is 25.3 Å². The van der Waals surface area contributed by atoms with Crippen LogP contribution in [0.1, 0.15) is 12.8 Å². The van der Waals surface area contributed by atoms with E-state index >= 15 is 0 Å². The molecule has 0 amide bonds. The lowest BCUT2D eigenvalue weighted by Crippen LogP contribution is -2.10. The second kappa shape index (κ2) is 14.2. The van der Waals surface area contributed by atoms with Crippen LogP contribution in [-0.4, -0.2) is 78.1 Å². The van der Waals surface area contributed by atoms with Gasteiger partial charge >= 0.3 is 30.4 Å². The Hall–Kier alpha value is -3.99. The average molecular weight is 699 g/mol. The van der Waals surface area contributed by atoms with E-state index < -0.39 is 30.4 Å². The summed E-state index contributed by atoms with van der Waals surface area (Å²) >= 11 is 0. The third kappa shape index (κ3) is 9.51. The number of hydrogen-bond acceptors (Lipinski definition) is 13. The van der Waals surface area contributed by atoms with Crippen molar-refractivity contribution < 1.29 is 56.8 Å². The summed E-state index contributed by atoms with van der Waals surface area (Å²) in [6.45, 7) is 1.39. The number of ether oxygens (including phenoxy) is 4. The minimum absolute atomic E-state index is 0.00741. The summed E-state index contributed by atoms with van der Waals surface area (Å²) in [4.78, 5) is 0. The first-order valence-corrected chi connectivity index (χ1v) is 19.1. The van der Waals surface area contributed by atoms with E-state index in [2.05, 4.69) is 0 Å². The topological polar surface area (TPSA) is 167 Å². The highest BCUT2D eigenvalue weighted by atomic mass is 32.2. The standard InChI is InChI=1S/C30H34O13S3/c1-37-27-19-24(21-6-9-23(10-7-21)41-44(3,31)32)29(38-2)30(43-46(5,35)36)28(27)22-8-11-25(26(18-22)42-45(4,33)34)40-17-14-20-12-15-39-16-13-20/h6-11,14,18-19H,12-13,15-17H2,1-5H3. The fourth-order valence-electron chi connectivity index (χ4n) is 4.66. The highest BCUT2D eigenvalue weighted by Gasteiger charge is 2.27. The van der Waals surface area contributed by atoms with Crippen LogP contribution in [0, 0.1) is 0 Å². The maximum Gasteiger partial charge on any atom is 0.306 e. The molecule has 1 fully saturated rings. The molecule has 1 aliphatic rings. The Morgan fingerprint density at radius 3 is 1.85 bits per heavy atom. The molecule has 3 aromatic rings. The zero-order valence-corrected chi connectivity index (χ0v) is 28.2. The van der Waals surface area contributed by atoms with Gasteiger partial charge in [-0.05, 0) is 60.4 Å². The van der Waals surface area contributed by atoms with Gasteiger partial charge in [0.15, 0.2) is 23.0 Å². The van der Waals surface area contributed by atoms with Gasteiger partial charge in [-0.1, -0.05) is 23.8 Å². The largest absolute Gasteiger partial charge is 0.496 e. The summed E-state index contributed by atoms with van der Waals surface area (Å²) in [5, 5.41) is 0. The second-order valence-electron chi connectivity index (χ2n) is 10.2. The lowest BCUT2D eigenvalue weighted by molar-refractivity contribution is 0.118. The first-order valence-electron chi connectivity index (χ1n) is 13.7. The van der Waals surface area contributed by atoms with Crippen LogP contribution in [0.4, 0.5) is 0 Å². The minimum Gasteiger partial charge on any atom is -0.496 e. The molecule has 0 unspecified atom stereocenters. The van der Waals surface area contributed by atoms with Crippen molar-refractivity contribution in [3.8, 4) is 56.8 Å². The van der Waals surface area contributed by atoms with Gasteiger partial charge in [-0.3, -0.25) is 0 Å². The van der Waals surface area contributed by atoms with Crippen LogP contribution >= 0.6 is 0 Å². The Balaban J connectivity index is 1.86. The summed E-state index contributed by atoms with van der Waals surface area (Å²) in [7, 11) is -9.26. The molecule has 1 saturated heterocycles. The molecule has 3 aromatic carbocycles. The molecule has 0 aromatic heterocycles. The van der Waals surface area contributed by atoms with Crippen LogP contribution in [0.25, 0.3) is 22.3 Å². The van der Waals surface area contributed by atoms with Gasteiger partial charge in [0.25, 0.3) is 0 Å². The van der Waals surface area contributed by atoms with Crippen LogP contribution in [0.2, 0.25) is 0 Å². The predicted octanol–water partition coefficient (Wildman–Crippen LogP) is 4.17. The van der Waals surface area contributed by atoms with Crippen molar-refractivity contribution in [2.45, 2.75) is 12.8 Å². The van der Waals surface area contributed by atoms with Crippen LogP contribution < -0.4 is 26.8 Å². The number of rotatable bonds is 13. The Kier molecular flexibility index (Phi) is 10.8. The molecule has 4 rings (SSSR count). The molecule has 250 valence electrons. The minimum atomic E-state index is -4.15. The average Bonchev–Trinajstić information content (AvgIpc) is 2.96. The normalized spacial score (nSPS) is 13.9. The third-order valence-corrected chi connectivity index (χ3v) is 7.94.